The number of carboxylic acid groups (broad SMARTS) is 1. The van der Waals surface area contributed by atoms with Gasteiger partial charge in [-0.2, -0.15) is 13.2 Å². The van der Waals surface area contributed by atoms with Crippen molar-refractivity contribution in [3.8, 4) is 0 Å². The van der Waals surface area contributed by atoms with Crippen LogP contribution in [0, 0.1) is 0 Å². The minimum absolute atomic E-state index is 0.00539. The summed E-state index contributed by atoms with van der Waals surface area (Å²) in [6, 6.07) is 6.23. The average molecular weight is 302 g/mol. The van der Waals surface area contributed by atoms with Crippen molar-refractivity contribution in [2.45, 2.75) is 17.6 Å². The van der Waals surface area contributed by atoms with Crippen molar-refractivity contribution in [3.05, 3.63) is 30.0 Å². The number of alkyl halides is 3. The number of halogens is 3. The fraction of sp³-hybridized carbons (Fsp3) is 0.250. The second kappa shape index (κ2) is 5.66. The van der Waals surface area contributed by atoms with Gasteiger partial charge in [-0.05, 0) is 12.1 Å². The van der Waals surface area contributed by atoms with E-state index in [1.54, 1.807) is 18.2 Å². The Balaban J connectivity index is 2.41. The van der Waals surface area contributed by atoms with Gasteiger partial charge in [-0.1, -0.05) is 12.1 Å². The molecule has 8 heteroatoms. The first-order valence-corrected chi connectivity index (χ1v) is 6.55. The van der Waals surface area contributed by atoms with Gasteiger partial charge in [-0.25, -0.2) is 9.97 Å². The predicted octanol–water partition coefficient (Wildman–Crippen LogP) is 3.22. The van der Waals surface area contributed by atoms with Crippen LogP contribution < -0.4 is 0 Å². The zero-order valence-corrected chi connectivity index (χ0v) is 10.8. The van der Waals surface area contributed by atoms with Crippen LogP contribution in [-0.2, 0) is 11.0 Å². The van der Waals surface area contributed by atoms with Crippen LogP contribution in [0.15, 0.2) is 29.3 Å². The number of para-hydroxylation sites is 2. The second-order valence-corrected chi connectivity index (χ2v) is 4.94. The number of carbonyl (C=O) groups is 1. The Morgan fingerprint density at radius 2 is 1.80 bits per heavy atom. The monoisotopic (exact) mass is 302 g/mol. The maximum atomic E-state index is 12.9. The van der Waals surface area contributed by atoms with Gasteiger partial charge in [0.05, 0.1) is 17.5 Å². The summed E-state index contributed by atoms with van der Waals surface area (Å²) in [7, 11) is 0. The van der Waals surface area contributed by atoms with Gasteiger partial charge in [0, 0.05) is 5.75 Å². The molecule has 1 N–H and O–H groups in total. The third kappa shape index (κ3) is 3.38. The van der Waals surface area contributed by atoms with Gasteiger partial charge in [0.25, 0.3) is 0 Å². The molecule has 0 saturated heterocycles. The largest absolute Gasteiger partial charge is 0.481 e. The Morgan fingerprint density at radius 3 is 2.35 bits per heavy atom. The van der Waals surface area contributed by atoms with Crippen molar-refractivity contribution in [2.24, 2.45) is 0 Å². The Bertz CT molecular complexity index is 646. The number of rotatable bonds is 4. The SMILES string of the molecule is O=C(O)CCSc1nc2ccccc2nc1C(F)(F)F. The fourth-order valence-electron chi connectivity index (χ4n) is 1.50. The third-order valence-corrected chi connectivity index (χ3v) is 3.33. The maximum Gasteiger partial charge on any atom is 0.436 e. The highest BCUT2D eigenvalue weighted by atomic mass is 32.2. The zero-order valence-electron chi connectivity index (χ0n) is 10.0. The maximum absolute atomic E-state index is 12.9. The first-order valence-electron chi connectivity index (χ1n) is 5.56. The number of aromatic nitrogens is 2. The molecule has 0 atom stereocenters. The fourth-order valence-corrected chi connectivity index (χ4v) is 2.44. The molecule has 0 radical (unpaired) electrons. The van der Waals surface area contributed by atoms with Gasteiger partial charge in [0.2, 0.25) is 0 Å². The van der Waals surface area contributed by atoms with Crippen LogP contribution in [0.25, 0.3) is 11.0 Å². The number of fused-ring (bicyclic) bond motifs is 1. The van der Waals surface area contributed by atoms with Crippen molar-refractivity contribution >= 4 is 28.8 Å². The second-order valence-electron chi connectivity index (χ2n) is 3.86. The highest BCUT2D eigenvalue weighted by Crippen LogP contribution is 2.35. The summed E-state index contributed by atoms with van der Waals surface area (Å²) in [5.74, 6) is -1.06. The van der Waals surface area contributed by atoms with Crippen LogP contribution in [0.4, 0.5) is 13.2 Å². The summed E-state index contributed by atoms with van der Waals surface area (Å²) in [5, 5.41) is 8.23. The van der Waals surface area contributed by atoms with Crippen molar-refractivity contribution in [2.75, 3.05) is 5.75 Å². The van der Waals surface area contributed by atoms with E-state index in [0.29, 0.717) is 5.52 Å². The third-order valence-electron chi connectivity index (χ3n) is 2.36. The lowest BCUT2D eigenvalue weighted by Crippen LogP contribution is -2.12. The van der Waals surface area contributed by atoms with E-state index >= 15 is 0 Å². The van der Waals surface area contributed by atoms with Crippen molar-refractivity contribution in [3.63, 3.8) is 0 Å². The van der Waals surface area contributed by atoms with Gasteiger partial charge in [0.1, 0.15) is 5.03 Å². The zero-order chi connectivity index (χ0) is 14.8. The minimum Gasteiger partial charge on any atom is -0.481 e. The molecule has 1 aromatic heterocycles. The normalized spacial score (nSPS) is 11.8. The highest BCUT2D eigenvalue weighted by molar-refractivity contribution is 7.99. The van der Waals surface area contributed by atoms with Crippen LogP contribution in [0.2, 0.25) is 0 Å². The molecule has 0 aliphatic heterocycles. The summed E-state index contributed by atoms with van der Waals surface area (Å²) >= 11 is 0.743. The first kappa shape index (κ1) is 14.6. The summed E-state index contributed by atoms with van der Waals surface area (Å²) < 4.78 is 38.8. The molecule has 0 saturated carbocycles. The molecule has 0 aliphatic rings. The van der Waals surface area contributed by atoms with E-state index in [-0.39, 0.29) is 22.7 Å². The average Bonchev–Trinajstić information content (AvgIpc) is 2.36. The summed E-state index contributed by atoms with van der Waals surface area (Å²) in [6.07, 6.45) is -4.86. The Morgan fingerprint density at radius 1 is 1.20 bits per heavy atom. The Labute approximate surface area is 116 Å². The number of hydrogen-bond donors (Lipinski definition) is 1. The lowest BCUT2D eigenvalue weighted by atomic mass is 10.3. The molecule has 106 valence electrons. The van der Waals surface area contributed by atoms with Crippen molar-refractivity contribution < 1.29 is 23.1 Å². The van der Waals surface area contributed by atoms with E-state index in [9.17, 15) is 18.0 Å². The van der Waals surface area contributed by atoms with Crippen LogP contribution >= 0.6 is 11.8 Å². The molecule has 4 nitrogen and oxygen atoms in total. The quantitative estimate of drug-likeness (QED) is 0.879. The van der Waals surface area contributed by atoms with Crippen molar-refractivity contribution in [1.29, 1.82) is 0 Å². The van der Waals surface area contributed by atoms with Crippen molar-refractivity contribution in [1.82, 2.24) is 9.97 Å². The molecule has 0 aliphatic carbocycles. The molecule has 1 heterocycles. The van der Waals surface area contributed by atoms with Crippen LogP contribution in [0.5, 0.6) is 0 Å². The molecule has 0 bridgehead atoms. The van der Waals surface area contributed by atoms with E-state index in [2.05, 4.69) is 9.97 Å². The predicted molar refractivity (Wildman–Crippen MR) is 67.5 cm³/mol. The molecule has 0 amide bonds. The number of benzene rings is 1. The lowest BCUT2D eigenvalue weighted by Gasteiger charge is -2.11. The van der Waals surface area contributed by atoms with Gasteiger partial charge in [0.15, 0.2) is 5.69 Å². The molecule has 0 spiro atoms. The number of thioether (sulfide) groups is 1. The molecule has 0 unspecified atom stereocenters. The number of carboxylic acids is 1. The van der Waals surface area contributed by atoms with E-state index in [1.807, 2.05) is 0 Å². The number of hydrogen-bond acceptors (Lipinski definition) is 4. The minimum atomic E-state index is -4.62. The topological polar surface area (TPSA) is 63.1 Å². The van der Waals surface area contributed by atoms with Crippen LogP contribution in [-0.4, -0.2) is 26.8 Å². The van der Waals surface area contributed by atoms with Gasteiger partial charge in [-0.3, -0.25) is 4.79 Å². The molecule has 20 heavy (non-hydrogen) atoms. The Hall–Kier alpha value is -1.83. The molecule has 0 fully saturated rings. The van der Waals surface area contributed by atoms with E-state index in [4.69, 9.17) is 5.11 Å². The van der Waals surface area contributed by atoms with E-state index in [0.717, 1.165) is 11.8 Å². The van der Waals surface area contributed by atoms with Gasteiger partial charge in [-0.15, -0.1) is 11.8 Å². The molecular formula is C12H9F3N2O2S. The standard InChI is InChI=1S/C12H9F3N2O2S/c13-12(14,15)10-11(20-6-5-9(18)19)17-8-4-2-1-3-7(8)16-10/h1-4H,5-6H2,(H,18,19). The van der Waals surface area contributed by atoms with Crippen LogP contribution in [0.3, 0.4) is 0 Å². The number of nitrogens with zero attached hydrogens (tertiary/aromatic N) is 2. The lowest BCUT2D eigenvalue weighted by molar-refractivity contribution is -0.143. The van der Waals surface area contributed by atoms with Crippen LogP contribution in [0.1, 0.15) is 12.1 Å². The van der Waals surface area contributed by atoms with E-state index in [1.165, 1.54) is 6.07 Å². The van der Waals surface area contributed by atoms with Gasteiger partial charge < -0.3 is 5.11 Å². The smallest absolute Gasteiger partial charge is 0.436 e. The first-order chi connectivity index (χ1) is 9.38. The summed E-state index contributed by atoms with van der Waals surface area (Å²) in [5.41, 5.74) is -0.577. The molecule has 1 aromatic carbocycles. The van der Waals surface area contributed by atoms with E-state index < -0.39 is 17.8 Å². The Kier molecular flexibility index (Phi) is 4.12. The number of aliphatic carboxylic acids is 1. The van der Waals surface area contributed by atoms with Gasteiger partial charge >= 0.3 is 12.1 Å². The molecular weight excluding hydrogens is 293 g/mol. The molecule has 2 rings (SSSR count). The molecule has 2 aromatic rings. The summed E-state index contributed by atoms with van der Waals surface area (Å²) in [6.45, 7) is 0. The summed E-state index contributed by atoms with van der Waals surface area (Å²) in [4.78, 5) is 17.9. The highest BCUT2D eigenvalue weighted by Gasteiger charge is 2.36.